The van der Waals surface area contributed by atoms with Gasteiger partial charge >= 0.3 is 0 Å². The molecule has 1 heterocycles. The second-order valence-corrected chi connectivity index (χ2v) is 12.2. The molecule has 1 aliphatic heterocycles. The number of hydrogen-bond acceptors (Lipinski definition) is 4. The van der Waals surface area contributed by atoms with Crippen LogP contribution >= 0.6 is 0 Å². The molecule has 3 aromatic carbocycles. The molecule has 1 amide bonds. The first-order chi connectivity index (χ1) is 17.6. The van der Waals surface area contributed by atoms with E-state index < -0.39 is 10.0 Å². The van der Waals surface area contributed by atoms with Crippen molar-refractivity contribution in [2.75, 3.05) is 28.6 Å². The molecular weight excluding hydrogens is 482 g/mol. The summed E-state index contributed by atoms with van der Waals surface area (Å²) in [6.45, 7) is 9.00. The van der Waals surface area contributed by atoms with Crippen LogP contribution < -0.4 is 14.5 Å². The highest BCUT2D eigenvalue weighted by Crippen LogP contribution is 2.26. The molecule has 1 unspecified atom stereocenters. The van der Waals surface area contributed by atoms with Gasteiger partial charge in [0.1, 0.15) is 0 Å². The number of carbonyl (C=O) groups excluding carboxylic acids is 1. The minimum absolute atomic E-state index is 0.157. The summed E-state index contributed by atoms with van der Waals surface area (Å²) in [7, 11) is -3.48. The highest BCUT2D eigenvalue weighted by Gasteiger charge is 2.20. The van der Waals surface area contributed by atoms with Gasteiger partial charge in [-0.15, -0.1) is 0 Å². The lowest BCUT2D eigenvalue weighted by atomic mass is 9.99. The number of nitrogens with one attached hydrogen (secondary N) is 1. The second-order valence-electron chi connectivity index (χ2n) is 10.3. The van der Waals surface area contributed by atoms with E-state index in [0.717, 1.165) is 41.3 Å². The highest BCUT2D eigenvalue weighted by atomic mass is 32.2. The fourth-order valence-electron chi connectivity index (χ4n) is 4.83. The van der Waals surface area contributed by atoms with Crippen LogP contribution in [0.25, 0.3) is 0 Å². The number of amides is 1. The van der Waals surface area contributed by atoms with Gasteiger partial charge in [-0.3, -0.25) is 9.10 Å². The van der Waals surface area contributed by atoms with Crippen molar-refractivity contribution >= 4 is 27.3 Å². The predicted octanol–water partition coefficient (Wildman–Crippen LogP) is 5.44. The Morgan fingerprint density at radius 1 is 1.00 bits per heavy atom. The van der Waals surface area contributed by atoms with Crippen LogP contribution in [0.2, 0.25) is 0 Å². The van der Waals surface area contributed by atoms with Crippen molar-refractivity contribution < 1.29 is 13.2 Å². The van der Waals surface area contributed by atoms with Gasteiger partial charge in [0.2, 0.25) is 10.0 Å². The standard InChI is InChI=1S/C30H37N3O3S/c1-22-7-8-24(3)29(18-22)33(37(4,35)36)21-26-9-13-27(14-10-26)30(34)31-19-25-11-15-28(16-12-25)32-17-5-6-23(2)20-32/h7-16,18,23H,5-6,17,19-21H2,1-4H3,(H,31,34). The molecule has 0 aliphatic carbocycles. The Morgan fingerprint density at radius 2 is 1.68 bits per heavy atom. The number of sulfonamides is 1. The number of hydrogen-bond donors (Lipinski definition) is 1. The molecule has 1 saturated heterocycles. The Morgan fingerprint density at radius 3 is 2.32 bits per heavy atom. The van der Waals surface area contributed by atoms with Crippen LogP contribution in [-0.2, 0) is 23.1 Å². The third-order valence-electron chi connectivity index (χ3n) is 6.99. The molecule has 196 valence electrons. The number of nitrogens with zero attached hydrogens (tertiary/aromatic N) is 2. The first-order valence-corrected chi connectivity index (χ1v) is 14.7. The molecule has 0 radical (unpaired) electrons. The average molecular weight is 520 g/mol. The zero-order valence-electron chi connectivity index (χ0n) is 22.2. The molecule has 3 aromatic rings. The zero-order valence-corrected chi connectivity index (χ0v) is 23.0. The summed E-state index contributed by atoms with van der Waals surface area (Å²) in [5, 5.41) is 2.99. The molecule has 7 heteroatoms. The van der Waals surface area contributed by atoms with Crippen LogP contribution in [0.15, 0.2) is 66.7 Å². The Balaban J connectivity index is 1.37. The minimum atomic E-state index is -3.48. The summed E-state index contributed by atoms with van der Waals surface area (Å²) in [4.78, 5) is 15.2. The van der Waals surface area contributed by atoms with E-state index >= 15 is 0 Å². The number of aryl methyl sites for hydroxylation is 2. The van der Waals surface area contributed by atoms with Gasteiger partial charge in [0, 0.05) is 30.9 Å². The molecule has 0 aromatic heterocycles. The van der Waals surface area contributed by atoms with Gasteiger partial charge in [0.15, 0.2) is 0 Å². The maximum atomic E-state index is 12.7. The van der Waals surface area contributed by atoms with Crippen LogP contribution in [0.1, 0.15) is 52.4 Å². The smallest absolute Gasteiger partial charge is 0.251 e. The first kappa shape index (κ1) is 26.7. The fourth-order valence-corrected chi connectivity index (χ4v) is 5.77. The van der Waals surface area contributed by atoms with E-state index in [1.54, 1.807) is 12.1 Å². The van der Waals surface area contributed by atoms with Crippen molar-refractivity contribution in [2.24, 2.45) is 5.92 Å². The van der Waals surface area contributed by atoms with Crippen molar-refractivity contribution in [3.05, 3.63) is 94.5 Å². The lowest BCUT2D eigenvalue weighted by molar-refractivity contribution is 0.0951. The Hall–Kier alpha value is -3.32. The average Bonchev–Trinajstić information content (AvgIpc) is 2.87. The number of anilines is 2. The van der Waals surface area contributed by atoms with Gasteiger partial charge in [0.25, 0.3) is 5.91 Å². The lowest BCUT2D eigenvalue weighted by Gasteiger charge is -2.32. The molecular formula is C30H37N3O3S. The fraction of sp³-hybridized carbons (Fsp3) is 0.367. The summed E-state index contributed by atoms with van der Waals surface area (Å²) >= 11 is 0. The van der Waals surface area contributed by atoms with Crippen molar-refractivity contribution in [1.29, 1.82) is 0 Å². The van der Waals surface area contributed by atoms with Crippen molar-refractivity contribution in [2.45, 2.75) is 46.7 Å². The van der Waals surface area contributed by atoms with E-state index in [2.05, 4.69) is 41.4 Å². The number of rotatable bonds is 8. The van der Waals surface area contributed by atoms with Gasteiger partial charge in [-0.25, -0.2) is 8.42 Å². The molecule has 0 bridgehead atoms. The van der Waals surface area contributed by atoms with Crippen molar-refractivity contribution in [3.63, 3.8) is 0 Å². The third-order valence-corrected chi connectivity index (χ3v) is 8.11. The normalized spacial score (nSPS) is 15.9. The molecule has 0 saturated carbocycles. The van der Waals surface area contributed by atoms with Crippen molar-refractivity contribution in [1.82, 2.24) is 5.32 Å². The first-order valence-electron chi connectivity index (χ1n) is 12.9. The van der Waals surface area contributed by atoms with Crippen LogP contribution in [0.5, 0.6) is 0 Å². The van der Waals surface area contributed by atoms with E-state index in [-0.39, 0.29) is 12.5 Å². The summed E-state index contributed by atoms with van der Waals surface area (Å²) < 4.78 is 26.6. The van der Waals surface area contributed by atoms with E-state index in [4.69, 9.17) is 0 Å². The molecule has 37 heavy (non-hydrogen) atoms. The van der Waals surface area contributed by atoms with E-state index in [9.17, 15) is 13.2 Å². The summed E-state index contributed by atoms with van der Waals surface area (Å²) in [5.41, 5.74) is 6.20. The quantitative estimate of drug-likeness (QED) is 0.431. The summed E-state index contributed by atoms with van der Waals surface area (Å²) in [6.07, 6.45) is 3.75. The van der Waals surface area contributed by atoms with Crippen molar-refractivity contribution in [3.8, 4) is 0 Å². The maximum absolute atomic E-state index is 12.7. The Bertz CT molecular complexity index is 1340. The molecule has 4 rings (SSSR count). The number of benzene rings is 3. The SMILES string of the molecule is Cc1ccc(C)c(N(Cc2ccc(C(=O)NCc3ccc(N4CCCC(C)C4)cc3)cc2)S(C)(=O)=O)c1. The molecule has 1 aliphatic rings. The molecule has 0 spiro atoms. The second kappa shape index (κ2) is 11.4. The topological polar surface area (TPSA) is 69.7 Å². The largest absolute Gasteiger partial charge is 0.371 e. The van der Waals surface area contributed by atoms with E-state index in [0.29, 0.717) is 17.8 Å². The number of carbonyl (C=O) groups is 1. The third kappa shape index (κ3) is 6.92. The van der Waals surface area contributed by atoms with E-state index in [1.165, 1.54) is 29.1 Å². The molecule has 1 fully saturated rings. The minimum Gasteiger partial charge on any atom is -0.371 e. The zero-order chi connectivity index (χ0) is 26.6. The monoisotopic (exact) mass is 519 g/mol. The van der Waals surface area contributed by atoms with Crippen LogP contribution in [0.4, 0.5) is 11.4 Å². The van der Waals surface area contributed by atoms with Gasteiger partial charge in [-0.05, 0) is 85.2 Å². The van der Waals surface area contributed by atoms with Gasteiger partial charge < -0.3 is 10.2 Å². The summed E-state index contributed by atoms with van der Waals surface area (Å²) in [5.74, 6) is 0.565. The van der Waals surface area contributed by atoms with Crippen LogP contribution in [0, 0.1) is 19.8 Å². The van der Waals surface area contributed by atoms with Crippen LogP contribution in [0.3, 0.4) is 0 Å². The summed E-state index contributed by atoms with van der Waals surface area (Å²) in [6, 6.07) is 21.3. The van der Waals surface area contributed by atoms with Gasteiger partial charge in [0.05, 0.1) is 18.5 Å². The lowest BCUT2D eigenvalue weighted by Crippen LogP contribution is -2.34. The highest BCUT2D eigenvalue weighted by molar-refractivity contribution is 7.92. The Labute approximate surface area is 221 Å². The molecule has 1 atom stereocenters. The van der Waals surface area contributed by atoms with Gasteiger partial charge in [-0.2, -0.15) is 0 Å². The maximum Gasteiger partial charge on any atom is 0.251 e. The van der Waals surface area contributed by atoms with Crippen LogP contribution in [-0.4, -0.2) is 33.7 Å². The van der Waals surface area contributed by atoms with E-state index in [1.807, 2.05) is 44.2 Å². The predicted molar refractivity (Wildman–Crippen MR) is 152 cm³/mol. The number of piperidine rings is 1. The Kier molecular flexibility index (Phi) is 8.22. The molecule has 1 N–H and O–H groups in total. The van der Waals surface area contributed by atoms with Gasteiger partial charge in [-0.1, -0.05) is 43.3 Å². The molecule has 6 nitrogen and oxygen atoms in total.